The number of esters is 1. The summed E-state index contributed by atoms with van der Waals surface area (Å²) in [6.07, 6.45) is 12.4. The number of carbonyl (C=O) groups is 1. The number of ether oxygens (including phenoxy) is 1. The van der Waals surface area contributed by atoms with Crippen molar-refractivity contribution in [2.45, 2.75) is 91.2 Å². The van der Waals surface area contributed by atoms with Crippen LogP contribution >= 0.6 is 0 Å². The van der Waals surface area contributed by atoms with E-state index < -0.39 is 0 Å². The van der Waals surface area contributed by atoms with Crippen molar-refractivity contribution < 1.29 is 9.53 Å². The van der Waals surface area contributed by atoms with Gasteiger partial charge in [0.05, 0.1) is 0 Å². The quantitative estimate of drug-likeness (QED) is 0.567. The minimum absolute atomic E-state index is 0.103. The first kappa shape index (κ1) is 18.5. The zero-order valence-electron chi connectivity index (χ0n) is 17.1. The average molecular weight is 360 g/mol. The first-order valence-corrected chi connectivity index (χ1v) is 10.9. The zero-order chi connectivity index (χ0) is 18.7. The molecule has 0 unspecified atom stereocenters. The molecule has 0 aromatic carbocycles. The largest absolute Gasteiger partial charge is 0.462 e. The second-order valence-electron chi connectivity index (χ2n) is 10.3. The van der Waals surface area contributed by atoms with Gasteiger partial charge >= 0.3 is 5.97 Å². The standard InChI is InChI=1S/C23H37NO2/c1-14(24)19-7-8-20-18-6-5-16-13-17(26-15(2)25)9-11-22(16,3)21(18)10-12-23(19,20)4/h5,14,17-21H,6-13,24H2,1-4H3/t14-,17-,18+,19+,20+,21+,22-,23+/m0/s1. The second-order valence-corrected chi connectivity index (χ2v) is 10.3. The van der Waals surface area contributed by atoms with Crippen LogP contribution in [0.4, 0.5) is 0 Å². The summed E-state index contributed by atoms with van der Waals surface area (Å²) in [6.45, 7) is 8.82. The third-order valence-electron chi connectivity index (χ3n) is 9.10. The summed E-state index contributed by atoms with van der Waals surface area (Å²) in [5.74, 6) is 3.06. The molecular formula is C23H37NO2. The SMILES string of the molecule is CC(=O)O[C@H]1CC[C@@]2(C)C(=CC[C@@H]3[C@H]4CC[C@H]([C@H](C)N)[C@@]4(C)CC[C@H]32)C1. The minimum atomic E-state index is -0.130. The molecule has 4 aliphatic rings. The van der Waals surface area contributed by atoms with Gasteiger partial charge in [-0.2, -0.15) is 0 Å². The molecule has 3 nitrogen and oxygen atoms in total. The molecule has 146 valence electrons. The first-order valence-electron chi connectivity index (χ1n) is 10.9. The summed E-state index contributed by atoms with van der Waals surface area (Å²) >= 11 is 0. The van der Waals surface area contributed by atoms with E-state index in [1.807, 2.05) is 0 Å². The molecule has 0 spiro atoms. The van der Waals surface area contributed by atoms with Crippen LogP contribution in [0.15, 0.2) is 11.6 Å². The Morgan fingerprint density at radius 2 is 1.96 bits per heavy atom. The molecule has 3 heteroatoms. The lowest BCUT2D eigenvalue weighted by Gasteiger charge is -2.58. The van der Waals surface area contributed by atoms with E-state index in [0.29, 0.717) is 22.8 Å². The maximum atomic E-state index is 11.4. The molecule has 0 aromatic heterocycles. The van der Waals surface area contributed by atoms with Crippen LogP contribution in [0.2, 0.25) is 0 Å². The van der Waals surface area contributed by atoms with Gasteiger partial charge in [0.2, 0.25) is 0 Å². The van der Waals surface area contributed by atoms with E-state index in [9.17, 15) is 4.79 Å². The van der Waals surface area contributed by atoms with Crippen LogP contribution < -0.4 is 5.73 Å². The number of hydrogen-bond acceptors (Lipinski definition) is 3. The van der Waals surface area contributed by atoms with E-state index >= 15 is 0 Å². The molecule has 0 amide bonds. The van der Waals surface area contributed by atoms with E-state index in [1.165, 1.54) is 45.4 Å². The lowest BCUT2D eigenvalue weighted by molar-refractivity contribution is -0.148. The molecule has 0 aliphatic heterocycles. The van der Waals surface area contributed by atoms with Gasteiger partial charge in [0.15, 0.2) is 0 Å². The summed E-state index contributed by atoms with van der Waals surface area (Å²) in [4.78, 5) is 11.4. The molecule has 26 heavy (non-hydrogen) atoms. The maximum Gasteiger partial charge on any atom is 0.302 e. The summed E-state index contributed by atoms with van der Waals surface area (Å²) in [5.41, 5.74) is 8.75. The van der Waals surface area contributed by atoms with Gasteiger partial charge in [0.1, 0.15) is 6.10 Å². The van der Waals surface area contributed by atoms with Crippen LogP contribution in [0.25, 0.3) is 0 Å². The molecule has 0 aromatic rings. The van der Waals surface area contributed by atoms with Gasteiger partial charge < -0.3 is 10.5 Å². The Labute approximate surface area is 159 Å². The van der Waals surface area contributed by atoms with Crippen LogP contribution in [-0.4, -0.2) is 18.1 Å². The highest BCUT2D eigenvalue weighted by molar-refractivity contribution is 5.66. The highest BCUT2D eigenvalue weighted by Gasteiger charge is 2.59. The molecule has 3 saturated carbocycles. The number of rotatable bonds is 2. The number of allylic oxidation sites excluding steroid dienone is 1. The van der Waals surface area contributed by atoms with E-state index in [0.717, 1.165) is 30.6 Å². The average Bonchev–Trinajstić information content (AvgIpc) is 2.92. The van der Waals surface area contributed by atoms with Gasteiger partial charge in [-0.1, -0.05) is 25.5 Å². The van der Waals surface area contributed by atoms with Gasteiger partial charge in [-0.25, -0.2) is 0 Å². The van der Waals surface area contributed by atoms with E-state index in [1.54, 1.807) is 5.57 Å². The van der Waals surface area contributed by atoms with Gasteiger partial charge in [0, 0.05) is 19.4 Å². The number of nitrogens with two attached hydrogens (primary N) is 1. The fraction of sp³-hybridized carbons (Fsp3) is 0.870. The van der Waals surface area contributed by atoms with Crippen molar-refractivity contribution in [3.05, 3.63) is 11.6 Å². The molecule has 0 bridgehead atoms. The number of hydrogen-bond donors (Lipinski definition) is 1. The molecule has 4 aliphatic carbocycles. The molecule has 4 rings (SSSR count). The normalized spacial score (nSPS) is 48.7. The van der Waals surface area contributed by atoms with Crippen LogP contribution in [-0.2, 0) is 9.53 Å². The van der Waals surface area contributed by atoms with Crippen molar-refractivity contribution in [1.29, 1.82) is 0 Å². The monoisotopic (exact) mass is 359 g/mol. The Balaban J connectivity index is 1.58. The van der Waals surface area contributed by atoms with Crippen molar-refractivity contribution >= 4 is 5.97 Å². The smallest absolute Gasteiger partial charge is 0.302 e. The molecule has 0 heterocycles. The van der Waals surface area contributed by atoms with E-state index in [4.69, 9.17) is 10.5 Å². The third-order valence-corrected chi connectivity index (χ3v) is 9.10. The van der Waals surface area contributed by atoms with Crippen LogP contribution in [0.3, 0.4) is 0 Å². The third kappa shape index (κ3) is 2.68. The highest BCUT2D eigenvalue weighted by Crippen LogP contribution is 2.66. The van der Waals surface area contributed by atoms with Crippen LogP contribution in [0.1, 0.15) is 79.1 Å². The fourth-order valence-corrected chi connectivity index (χ4v) is 7.87. The van der Waals surface area contributed by atoms with Crippen molar-refractivity contribution in [1.82, 2.24) is 0 Å². The predicted molar refractivity (Wildman–Crippen MR) is 104 cm³/mol. The van der Waals surface area contributed by atoms with Crippen LogP contribution in [0, 0.1) is 34.5 Å². The number of carbonyl (C=O) groups excluding carboxylic acids is 1. The number of fused-ring (bicyclic) bond motifs is 5. The van der Waals surface area contributed by atoms with Crippen molar-refractivity contribution in [3.63, 3.8) is 0 Å². The van der Waals surface area contributed by atoms with Gasteiger partial charge in [0.25, 0.3) is 0 Å². The second kappa shape index (κ2) is 6.36. The fourth-order valence-electron chi connectivity index (χ4n) is 7.87. The Morgan fingerprint density at radius 1 is 1.19 bits per heavy atom. The van der Waals surface area contributed by atoms with Crippen molar-refractivity contribution in [2.75, 3.05) is 0 Å². The van der Waals surface area contributed by atoms with Crippen LogP contribution in [0.5, 0.6) is 0 Å². The summed E-state index contributed by atoms with van der Waals surface area (Å²) in [5, 5.41) is 0. The Morgan fingerprint density at radius 3 is 2.65 bits per heavy atom. The lowest BCUT2D eigenvalue weighted by atomic mass is 9.47. The van der Waals surface area contributed by atoms with Gasteiger partial charge in [-0.3, -0.25) is 4.79 Å². The highest BCUT2D eigenvalue weighted by atomic mass is 16.5. The van der Waals surface area contributed by atoms with E-state index in [2.05, 4.69) is 26.8 Å². The first-order chi connectivity index (χ1) is 12.3. The molecular weight excluding hydrogens is 322 g/mol. The van der Waals surface area contributed by atoms with Crippen molar-refractivity contribution in [3.8, 4) is 0 Å². The minimum Gasteiger partial charge on any atom is -0.462 e. The molecule has 0 saturated heterocycles. The van der Waals surface area contributed by atoms with E-state index in [-0.39, 0.29) is 12.1 Å². The maximum absolute atomic E-state index is 11.4. The topological polar surface area (TPSA) is 52.3 Å². The molecule has 0 radical (unpaired) electrons. The molecule has 2 N–H and O–H groups in total. The molecule has 8 atom stereocenters. The lowest BCUT2D eigenvalue weighted by Crippen LogP contribution is -2.52. The summed E-state index contributed by atoms with van der Waals surface area (Å²) in [7, 11) is 0. The van der Waals surface area contributed by atoms with Crippen molar-refractivity contribution in [2.24, 2.45) is 40.2 Å². The summed E-state index contributed by atoms with van der Waals surface area (Å²) in [6, 6.07) is 0.325. The Bertz CT molecular complexity index is 611. The van der Waals surface area contributed by atoms with Gasteiger partial charge in [-0.05, 0) is 86.4 Å². The molecule has 3 fully saturated rings. The zero-order valence-corrected chi connectivity index (χ0v) is 17.1. The summed E-state index contributed by atoms with van der Waals surface area (Å²) < 4.78 is 5.55. The predicted octanol–water partition coefficient (Wildman–Crippen LogP) is 4.84. The van der Waals surface area contributed by atoms with Gasteiger partial charge in [-0.15, -0.1) is 0 Å². The Kier molecular flexibility index (Phi) is 4.53. The Hall–Kier alpha value is -0.830.